The third-order valence-corrected chi connectivity index (χ3v) is 38.2. The molecular formula is C123H126O6S2. The van der Waals surface area contributed by atoms with Crippen LogP contribution in [0.1, 0.15) is 250 Å². The molecule has 3 spiro atoms. The van der Waals surface area contributed by atoms with E-state index in [-0.39, 0.29) is 4.90 Å². The molecule has 6 aliphatic rings. The van der Waals surface area contributed by atoms with Gasteiger partial charge in [0.15, 0.2) is 16.9 Å². The van der Waals surface area contributed by atoms with Crippen LogP contribution in [0.4, 0.5) is 0 Å². The first-order valence-corrected chi connectivity index (χ1v) is 49.4. The number of hydrogen-bond donors (Lipinski definition) is 0. The van der Waals surface area contributed by atoms with Gasteiger partial charge in [-0.2, -0.15) is 0 Å². The predicted octanol–water partition coefficient (Wildman–Crippen LogP) is 33.2. The maximum absolute atomic E-state index is 14.1. The second-order valence-electron chi connectivity index (χ2n) is 40.2. The fourth-order valence-corrected chi connectivity index (χ4v) is 28.1. The number of rotatable bonds is 0. The zero-order valence-electron chi connectivity index (χ0n) is 84.2. The maximum Gasteiger partial charge on any atom is 0.203 e. The summed E-state index contributed by atoms with van der Waals surface area (Å²) in [7, 11) is -3.78. The van der Waals surface area contributed by atoms with Gasteiger partial charge in [0.2, 0.25) is 9.84 Å². The molecule has 666 valence electrons. The first-order valence-electron chi connectivity index (χ1n) is 46.9. The topological polar surface area (TPSA) is 82.8 Å². The van der Waals surface area contributed by atoms with E-state index in [4.69, 9.17) is 18.0 Å². The van der Waals surface area contributed by atoms with Gasteiger partial charge in [-0.05, 0) is 590 Å². The van der Waals surface area contributed by atoms with Crippen LogP contribution in [0.2, 0.25) is 0 Å². The Hall–Kier alpha value is -11.4. The molecule has 12 aromatic carbocycles. The number of allylic oxidation sites excluding steroid dienone is 3. The number of thioether (sulfide) groups is 1. The Balaban J connectivity index is 0.000000127. The first-order chi connectivity index (χ1) is 61.8. The minimum absolute atomic E-state index is 0.279. The second kappa shape index (κ2) is 30.0. The van der Waals surface area contributed by atoms with E-state index in [2.05, 4.69) is 303 Å². The summed E-state index contributed by atoms with van der Waals surface area (Å²) in [6.45, 7) is 83.0. The molecule has 6 nitrogen and oxygen atoms in total. The van der Waals surface area contributed by atoms with Gasteiger partial charge in [0, 0.05) is 27.1 Å². The number of benzene rings is 12. The lowest BCUT2D eigenvalue weighted by atomic mass is 9.62. The van der Waals surface area contributed by atoms with Crippen molar-refractivity contribution in [3.8, 4) is 72.5 Å². The van der Waals surface area contributed by atoms with Gasteiger partial charge in [0.1, 0.15) is 10.5 Å². The Bertz CT molecular complexity index is 7450. The van der Waals surface area contributed by atoms with Crippen molar-refractivity contribution in [2.75, 3.05) is 0 Å². The van der Waals surface area contributed by atoms with Gasteiger partial charge in [-0.3, -0.25) is 0 Å². The van der Waals surface area contributed by atoms with Gasteiger partial charge < -0.3 is 18.0 Å². The molecule has 0 atom stereocenters. The molecule has 0 saturated carbocycles. The lowest BCUT2D eigenvalue weighted by Crippen LogP contribution is -2.35. The molecule has 131 heavy (non-hydrogen) atoms. The van der Waals surface area contributed by atoms with E-state index in [1.165, 1.54) is 316 Å². The van der Waals surface area contributed by atoms with Crippen LogP contribution < -0.4 is 4.74 Å². The maximum atomic E-state index is 14.1. The summed E-state index contributed by atoms with van der Waals surface area (Å²) in [5.74, 6) is 0.819. The molecule has 15 aromatic rings. The number of sulfone groups is 1. The third kappa shape index (κ3) is 11.2. The van der Waals surface area contributed by atoms with Gasteiger partial charge in [-0.15, -0.1) is 0 Å². The monoisotopic (exact) mass is 1760 g/mol. The number of ether oxygens (including phenoxy) is 1. The molecule has 0 radical (unpaired) electrons. The quantitative estimate of drug-likeness (QED) is 0.150. The predicted molar refractivity (Wildman–Crippen MR) is 552 cm³/mol. The van der Waals surface area contributed by atoms with Crippen molar-refractivity contribution >= 4 is 54.5 Å². The van der Waals surface area contributed by atoms with Gasteiger partial charge in [-0.25, -0.2) is 8.42 Å². The molecule has 0 bridgehead atoms. The summed E-state index contributed by atoms with van der Waals surface area (Å²) in [4.78, 5) is 1.51. The van der Waals surface area contributed by atoms with Gasteiger partial charge in [0.05, 0.1) is 46.2 Å². The molecule has 21 rings (SSSR count). The van der Waals surface area contributed by atoms with Crippen molar-refractivity contribution in [3.05, 3.63) is 359 Å². The number of fused-ring (bicyclic) bond motifs is 33. The Kier molecular flexibility index (Phi) is 20.4. The van der Waals surface area contributed by atoms with Crippen molar-refractivity contribution in [2.24, 2.45) is 0 Å². The van der Waals surface area contributed by atoms with Gasteiger partial charge >= 0.3 is 0 Å². The highest BCUT2D eigenvalue weighted by atomic mass is 32.2. The molecular weight excluding hydrogens is 1640 g/mol. The van der Waals surface area contributed by atoms with E-state index < -0.39 is 26.1 Å². The average molecular weight is 1760 g/mol. The van der Waals surface area contributed by atoms with E-state index in [1.54, 1.807) is 24.3 Å². The van der Waals surface area contributed by atoms with Crippen molar-refractivity contribution in [1.29, 1.82) is 0 Å². The average Bonchev–Trinajstić information content (AvgIpc) is 1.56. The van der Waals surface area contributed by atoms with Crippen LogP contribution in [0.3, 0.4) is 0 Å². The molecule has 0 amide bonds. The molecule has 8 heteroatoms. The fourth-order valence-electron chi connectivity index (χ4n) is 25.6. The molecule has 0 saturated heterocycles. The van der Waals surface area contributed by atoms with Crippen molar-refractivity contribution in [3.63, 3.8) is 0 Å². The van der Waals surface area contributed by atoms with Crippen molar-refractivity contribution in [1.82, 2.24) is 0 Å². The van der Waals surface area contributed by atoms with E-state index in [0.717, 1.165) is 44.2 Å². The van der Waals surface area contributed by atoms with Crippen molar-refractivity contribution in [2.45, 2.75) is 275 Å². The number of hydrogen-bond acceptors (Lipinski definition) is 7. The van der Waals surface area contributed by atoms with Crippen LogP contribution in [-0.4, -0.2) is 8.42 Å². The Morgan fingerprint density at radius 2 is 0.466 bits per heavy atom. The zero-order chi connectivity index (χ0) is 94.4. The third-order valence-electron chi connectivity index (χ3n) is 35.8. The van der Waals surface area contributed by atoms with Crippen LogP contribution in [-0.2, 0) is 26.1 Å². The summed E-state index contributed by atoms with van der Waals surface area (Å²) in [5, 5.41) is 6.82. The largest absolute Gasteiger partial charge is 0.463 e. The molecule has 0 fully saturated rings. The van der Waals surface area contributed by atoms with E-state index in [1.807, 2.05) is 36.8 Å². The lowest BCUT2D eigenvalue weighted by Gasteiger charge is -2.41. The normalized spacial score (nSPS) is 14.8. The highest BCUT2D eigenvalue weighted by molar-refractivity contribution is 8.02. The second-order valence-corrected chi connectivity index (χ2v) is 42.9. The summed E-state index contributed by atoms with van der Waals surface area (Å²) < 4.78 is 53.1. The van der Waals surface area contributed by atoms with Gasteiger partial charge in [-0.1, -0.05) is 60.3 Å². The smallest absolute Gasteiger partial charge is 0.203 e. The summed E-state index contributed by atoms with van der Waals surface area (Å²) >= 11 is 1.80. The van der Waals surface area contributed by atoms with E-state index >= 15 is 0 Å². The van der Waals surface area contributed by atoms with E-state index in [0.29, 0.717) is 5.58 Å². The summed E-state index contributed by atoms with van der Waals surface area (Å²) in [5.41, 5.74) is 76.1. The number of furan rings is 3. The zero-order valence-corrected chi connectivity index (χ0v) is 85.8. The van der Waals surface area contributed by atoms with Crippen LogP contribution >= 0.6 is 11.8 Å². The van der Waals surface area contributed by atoms with E-state index in [9.17, 15) is 8.42 Å². The Labute approximate surface area is 782 Å². The molecule has 3 aliphatic carbocycles. The van der Waals surface area contributed by atoms with Gasteiger partial charge in [0.25, 0.3) is 0 Å². The minimum atomic E-state index is -3.78. The summed E-state index contributed by atoms with van der Waals surface area (Å²) in [6, 6.07) is 19.2. The molecule has 3 aromatic heterocycles. The van der Waals surface area contributed by atoms with Crippen molar-refractivity contribution < 1.29 is 26.4 Å². The standard InChI is InChI=1S/C41H42O3S.C41H42O2.C41H42OS/c1-19-20(2)26(8)34-33(25(19)7)35-27(9)21(3)23(5)29(11)37(35)41(38-30(12)24(6)22(4)28(10)36(34)38)16-18-45(42,43)40-32(41)14-13-31-15-17-44-39(31)40;2*1-19-20(2)26(8)34-33(25(19)7)35-27(9)21(3)23(5)29(11)37(35)41(38-30(12)24(6)22(4)28(10)36(34)38)16-18-43-40-32(41)14-13-31-15-17-42-39(31)40/h13-18H,1-12H3;2*13-18H,1-12H3. The molecule has 0 unspecified atom stereocenters. The Morgan fingerprint density at radius 3 is 0.779 bits per heavy atom. The highest BCUT2D eigenvalue weighted by Crippen LogP contribution is 2.68. The lowest BCUT2D eigenvalue weighted by molar-refractivity contribution is 0.437. The Morgan fingerprint density at radius 1 is 0.229 bits per heavy atom. The fraction of sp³-hybridized carbons (Fsp3) is 0.317. The van der Waals surface area contributed by atoms with Crippen LogP contribution in [0.15, 0.2) is 132 Å². The summed E-state index contributed by atoms with van der Waals surface area (Å²) in [6.07, 6.45) is 14.0. The SMILES string of the molecule is Cc1c(C)c(C)c2c(c1C)-c1c(C)c(C)c(C)c(C)c1C1(C=COc3c1ccc1ccoc31)c1c(C)c(C)c(C)c(C)c1-2.Cc1c(C)c(C)c2c(c1C)-c1c(C)c(C)c(C)c(C)c1C1(C=CS(=O)(=O)c3c1ccc1ccoc31)c1c(C)c(C)c(C)c(C)c1-2.Cc1c(C)c(C)c2c(c1C)-c1c(C)c(C)c(C)c(C)c1C1(C=CSc3c1ccc1ccoc31)c1c(C)c(C)c(C)c(C)c1-2. The first kappa shape index (κ1) is 88.8. The molecule has 3 aliphatic heterocycles. The highest BCUT2D eigenvalue weighted by Gasteiger charge is 2.54. The minimum Gasteiger partial charge on any atom is -0.463 e. The van der Waals surface area contributed by atoms with Crippen LogP contribution in [0.25, 0.3) is 99.7 Å². The van der Waals surface area contributed by atoms with Crippen LogP contribution in [0.5, 0.6) is 5.75 Å². The molecule has 6 heterocycles. The molecule has 0 N–H and O–H groups in total. The van der Waals surface area contributed by atoms with Crippen LogP contribution in [0, 0.1) is 249 Å².